The molecule has 0 bridgehead atoms. The van der Waals surface area contributed by atoms with Gasteiger partial charge >= 0.3 is 0 Å². The molecule has 0 saturated heterocycles. The molecule has 0 aliphatic rings. The number of hydrogen-bond acceptors (Lipinski definition) is 3. The van der Waals surface area contributed by atoms with E-state index < -0.39 is 0 Å². The maximum atomic E-state index is 12.3. The van der Waals surface area contributed by atoms with Gasteiger partial charge in [-0.1, -0.05) is 24.3 Å². The highest BCUT2D eigenvalue weighted by atomic mass is 32.1. The standard InChI is InChI=1S/C16H19NO2S/c1-12(11-13-7-4-5-8-14(13)19-3)17(2)16(18)15-9-6-10-20-15/h4-10,12H,11H2,1-3H3. The topological polar surface area (TPSA) is 29.5 Å². The van der Waals surface area contributed by atoms with Gasteiger partial charge < -0.3 is 9.64 Å². The van der Waals surface area contributed by atoms with E-state index in [0.29, 0.717) is 0 Å². The molecule has 0 fully saturated rings. The molecule has 1 aromatic carbocycles. The SMILES string of the molecule is COc1ccccc1CC(C)N(C)C(=O)c1cccs1. The monoisotopic (exact) mass is 289 g/mol. The van der Waals surface area contributed by atoms with E-state index in [2.05, 4.69) is 6.92 Å². The number of rotatable bonds is 5. The van der Waals surface area contributed by atoms with Crippen molar-refractivity contribution in [2.45, 2.75) is 19.4 Å². The second-order valence-corrected chi connectivity index (χ2v) is 5.71. The number of para-hydroxylation sites is 1. The minimum absolute atomic E-state index is 0.0717. The van der Waals surface area contributed by atoms with Crippen molar-refractivity contribution < 1.29 is 9.53 Å². The van der Waals surface area contributed by atoms with Crippen LogP contribution < -0.4 is 4.74 Å². The van der Waals surface area contributed by atoms with Crippen LogP contribution in [-0.2, 0) is 6.42 Å². The molecule has 0 spiro atoms. The highest BCUT2D eigenvalue weighted by Crippen LogP contribution is 2.21. The molecule has 1 aromatic heterocycles. The lowest BCUT2D eigenvalue weighted by Gasteiger charge is -2.25. The molecule has 0 aliphatic heterocycles. The number of ether oxygens (including phenoxy) is 1. The van der Waals surface area contributed by atoms with Crippen molar-refractivity contribution in [2.24, 2.45) is 0 Å². The molecule has 0 aliphatic carbocycles. The molecule has 1 amide bonds. The largest absolute Gasteiger partial charge is 0.496 e. The van der Waals surface area contributed by atoms with Crippen molar-refractivity contribution in [1.29, 1.82) is 0 Å². The van der Waals surface area contributed by atoms with E-state index in [9.17, 15) is 4.79 Å². The molecular formula is C16H19NO2S. The summed E-state index contributed by atoms with van der Waals surface area (Å²) in [5.74, 6) is 0.943. The molecule has 106 valence electrons. The van der Waals surface area contributed by atoms with Gasteiger partial charge in [0, 0.05) is 13.1 Å². The van der Waals surface area contributed by atoms with Gasteiger partial charge in [0.05, 0.1) is 12.0 Å². The molecule has 3 nitrogen and oxygen atoms in total. The van der Waals surface area contributed by atoms with Gasteiger partial charge in [-0.2, -0.15) is 0 Å². The van der Waals surface area contributed by atoms with Crippen LogP contribution in [0, 0.1) is 0 Å². The van der Waals surface area contributed by atoms with Crippen LogP contribution >= 0.6 is 11.3 Å². The summed E-state index contributed by atoms with van der Waals surface area (Å²) in [5, 5.41) is 1.92. The van der Waals surface area contributed by atoms with Crippen molar-refractivity contribution in [1.82, 2.24) is 4.90 Å². The number of methoxy groups -OCH3 is 1. The van der Waals surface area contributed by atoms with Crippen molar-refractivity contribution in [3.63, 3.8) is 0 Å². The summed E-state index contributed by atoms with van der Waals surface area (Å²) in [6, 6.07) is 11.8. The molecule has 4 heteroatoms. The van der Waals surface area contributed by atoms with Crippen LogP contribution in [-0.4, -0.2) is 31.0 Å². The predicted molar refractivity (Wildman–Crippen MR) is 82.6 cm³/mol. The maximum absolute atomic E-state index is 12.3. The molecule has 2 aromatic rings. The fraction of sp³-hybridized carbons (Fsp3) is 0.312. The Morgan fingerprint density at radius 3 is 2.70 bits per heavy atom. The zero-order valence-corrected chi connectivity index (χ0v) is 12.8. The van der Waals surface area contributed by atoms with Crippen LogP contribution in [0.15, 0.2) is 41.8 Å². The first-order valence-corrected chi connectivity index (χ1v) is 7.44. The summed E-state index contributed by atoms with van der Waals surface area (Å²) >= 11 is 1.47. The van der Waals surface area contributed by atoms with Gasteiger partial charge in [-0.15, -0.1) is 11.3 Å². The van der Waals surface area contributed by atoms with E-state index in [0.717, 1.165) is 22.6 Å². The Morgan fingerprint density at radius 2 is 2.05 bits per heavy atom. The van der Waals surface area contributed by atoms with E-state index in [1.165, 1.54) is 11.3 Å². The second-order valence-electron chi connectivity index (χ2n) is 4.76. The Morgan fingerprint density at radius 1 is 1.30 bits per heavy atom. The van der Waals surface area contributed by atoms with E-state index in [1.807, 2.05) is 48.8 Å². The number of likely N-dealkylation sites (N-methyl/N-ethyl adjacent to an activating group) is 1. The van der Waals surface area contributed by atoms with Crippen LogP contribution in [0.3, 0.4) is 0 Å². The molecule has 1 atom stereocenters. The number of nitrogens with zero attached hydrogens (tertiary/aromatic N) is 1. The van der Waals surface area contributed by atoms with Crippen molar-refractivity contribution in [2.75, 3.05) is 14.2 Å². The Balaban J connectivity index is 2.08. The lowest BCUT2D eigenvalue weighted by Crippen LogP contribution is -2.36. The summed E-state index contributed by atoms with van der Waals surface area (Å²) in [6.07, 6.45) is 0.775. The fourth-order valence-electron chi connectivity index (χ4n) is 2.10. The molecule has 20 heavy (non-hydrogen) atoms. The number of benzene rings is 1. The number of carbonyl (C=O) groups excluding carboxylic acids is 1. The Kier molecular flexibility index (Phi) is 4.79. The zero-order chi connectivity index (χ0) is 14.5. The number of amides is 1. The Labute approximate surface area is 123 Å². The first kappa shape index (κ1) is 14.6. The van der Waals surface area contributed by atoms with Gasteiger partial charge in [0.15, 0.2) is 0 Å². The van der Waals surface area contributed by atoms with Gasteiger partial charge in [-0.25, -0.2) is 0 Å². The lowest BCUT2D eigenvalue weighted by atomic mass is 10.0. The molecule has 0 radical (unpaired) electrons. The van der Waals surface area contributed by atoms with E-state index in [4.69, 9.17) is 4.74 Å². The molecule has 2 rings (SSSR count). The highest BCUT2D eigenvalue weighted by Gasteiger charge is 2.19. The quantitative estimate of drug-likeness (QED) is 0.843. The van der Waals surface area contributed by atoms with E-state index in [-0.39, 0.29) is 11.9 Å². The summed E-state index contributed by atoms with van der Waals surface area (Å²) in [5.41, 5.74) is 1.12. The minimum atomic E-state index is 0.0717. The minimum Gasteiger partial charge on any atom is -0.496 e. The van der Waals surface area contributed by atoms with Gasteiger partial charge in [0.2, 0.25) is 0 Å². The van der Waals surface area contributed by atoms with Crippen molar-refractivity contribution in [3.05, 3.63) is 52.2 Å². The van der Waals surface area contributed by atoms with Crippen LogP contribution in [0.25, 0.3) is 0 Å². The van der Waals surface area contributed by atoms with Crippen LogP contribution in [0.2, 0.25) is 0 Å². The van der Waals surface area contributed by atoms with Gasteiger partial charge in [0.25, 0.3) is 5.91 Å². The average Bonchev–Trinajstić information content (AvgIpc) is 3.00. The third-order valence-corrected chi connectivity index (χ3v) is 4.28. The highest BCUT2D eigenvalue weighted by molar-refractivity contribution is 7.12. The Bertz CT molecular complexity index is 566. The van der Waals surface area contributed by atoms with E-state index >= 15 is 0 Å². The number of thiophene rings is 1. The normalized spacial score (nSPS) is 11.9. The fourth-order valence-corrected chi connectivity index (χ4v) is 2.81. The van der Waals surface area contributed by atoms with Crippen LogP contribution in [0.1, 0.15) is 22.2 Å². The van der Waals surface area contributed by atoms with E-state index in [1.54, 1.807) is 12.0 Å². The first-order chi connectivity index (χ1) is 9.63. The van der Waals surface area contributed by atoms with Crippen molar-refractivity contribution in [3.8, 4) is 5.75 Å². The molecule has 0 saturated carbocycles. The smallest absolute Gasteiger partial charge is 0.263 e. The summed E-state index contributed by atoms with van der Waals surface area (Å²) in [4.78, 5) is 14.9. The van der Waals surface area contributed by atoms with Gasteiger partial charge in [0.1, 0.15) is 5.75 Å². The van der Waals surface area contributed by atoms with Gasteiger partial charge in [-0.05, 0) is 36.4 Å². The molecule has 0 N–H and O–H groups in total. The molecular weight excluding hydrogens is 270 g/mol. The average molecular weight is 289 g/mol. The van der Waals surface area contributed by atoms with Crippen LogP contribution in [0.4, 0.5) is 0 Å². The molecule has 1 heterocycles. The number of hydrogen-bond donors (Lipinski definition) is 0. The summed E-state index contributed by atoms with van der Waals surface area (Å²) < 4.78 is 5.36. The molecule has 1 unspecified atom stereocenters. The van der Waals surface area contributed by atoms with Crippen LogP contribution in [0.5, 0.6) is 5.75 Å². The Hall–Kier alpha value is -1.81. The number of carbonyl (C=O) groups is 1. The third kappa shape index (κ3) is 3.20. The van der Waals surface area contributed by atoms with Gasteiger partial charge in [-0.3, -0.25) is 4.79 Å². The third-order valence-electron chi connectivity index (χ3n) is 3.42. The predicted octanol–water partition coefficient (Wildman–Crippen LogP) is 3.46. The summed E-state index contributed by atoms with van der Waals surface area (Å²) in [7, 11) is 3.52. The lowest BCUT2D eigenvalue weighted by molar-refractivity contribution is 0.0748. The zero-order valence-electron chi connectivity index (χ0n) is 12.0. The second kappa shape index (κ2) is 6.57. The first-order valence-electron chi connectivity index (χ1n) is 6.56. The maximum Gasteiger partial charge on any atom is 0.263 e. The summed E-state index contributed by atoms with van der Waals surface area (Å²) in [6.45, 7) is 2.05. The van der Waals surface area contributed by atoms with Crippen molar-refractivity contribution >= 4 is 17.2 Å².